The Morgan fingerprint density at radius 1 is 0.812 bits per heavy atom. The zero-order valence-corrected chi connectivity index (χ0v) is 17.6. The molecule has 0 spiro atoms. The zero-order valence-electron chi connectivity index (χ0n) is 17.6. The average Bonchev–Trinajstić information content (AvgIpc) is 2.79. The van der Waals surface area contributed by atoms with Crippen LogP contribution in [0.2, 0.25) is 0 Å². The van der Waals surface area contributed by atoms with Crippen molar-refractivity contribution in [1.82, 2.24) is 0 Å². The number of anilines is 2. The van der Waals surface area contributed by atoms with E-state index < -0.39 is 5.97 Å². The first-order valence-electron chi connectivity index (χ1n) is 9.76. The first-order valence-corrected chi connectivity index (χ1v) is 9.76. The van der Waals surface area contributed by atoms with Crippen LogP contribution in [0.3, 0.4) is 0 Å². The van der Waals surface area contributed by atoms with Crippen molar-refractivity contribution in [2.45, 2.75) is 6.92 Å². The molecule has 3 rings (SSSR count). The Labute approximate surface area is 185 Å². The van der Waals surface area contributed by atoms with Gasteiger partial charge in [-0.2, -0.15) is 0 Å². The van der Waals surface area contributed by atoms with Crippen molar-refractivity contribution < 1.29 is 23.9 Å². The number of benzene rings is 3. The van der Waals surface area contributed by atoms with E-state index in [1.807, 2.05) is 24.3 Å². The minimum absolute atomic E-state index is 0.278. The number of carbonyl (C=O) groups excluding carboxylic acids is 3. The van der Waals surface area contributed by atoms with Crippen LogP contribution in [0.25, 0.3) is 6.08 Å². The number of hydrogen-bond acceptors (Lipinski definition) is 5. The Hall–Kier alpha value is -4.39. The summed E-state index contributed by atoms with van der Waals surface area (Å²) in [6.07, 6.45) is 3.14. The van der Waals surface area contributed by atoms with E-state index in [1.165, 1.54) is 19.1 Å². The van der Waals surface area contributed by atoms with Crippen LogP contribution in [0.5, 0.6) is 11.5 Å². The van der Waals surface area contributed by atoms with Crippen molar-refractivity contribution in [1.29, 1.82) is 0 Å². The van der Waals surface area contributed by atoms with Crippen LogP contribution in [-0.2, 0) is 9.59 Å². The van der Waals surface area contributed by atoms with E-state index in [2.05, 4.69) is 10.6 Å². The van der Waals surface area contributed by atoms with E-state index in [9.17, 15) is 14.4 Å². The van der Waals surface area contributed by atoms with Gasteiger partial charge < -0.3 is 20.1 Å². The van der Waals surface area contributed by atoms with Crippen molar-refractivity contribution in [3.63, 3.8) is 0 Å². The molecule has 0 saturated carbocycles. The number of nitrogens with one attached hydrogen (secondary N) is 2. The van der Waals surface area contributed by atoms with Gasteiger partial charge in [-0.1, -0.05) is 18.2 Å². The average molecular weight is 430 g/mol. The van der Waals surface area contributed by atoms with Crippen molar-refractivity contribution in [2.24, 2.45) is 0 Å². The van der Waals surface area contributed by atoms with Crippen LogP contribution < -0.4 is 20.1 Å². The molecule has 0 radical (unpaired) electrons. The summed E-state index contributed by atoms with van der Waals surface area (Å²) < 4.78 is 10.1. The molecule has 7 nitrogen and oxygen atoms in total. The van der Waals surface area contributed by atoms with Gasteiger partial charge in [0, 0.05) is 29.9 Å². The van der Waals surface area contributed by atoms with Gasteiger partial charge in [-0.05, 0) is 66.2 Å². The van der Waals surface area contributed by atoms with Gasteiger partial charge in [0.25, 0.3) is 5.91 Å². The highest BCUT2D eigenvalue weighted by Crippen LogP contribution is 2.18. The highest BCUT2D eigenvalue weighted by atomic mass is 16.5. The number of carbonyl (C=O) groups is 3. The third-order valence-electron chi connectivity index (χ3n) is 4.31. The molecule has 3 aromatic rings. The smallest absolute Gasteiger partial charge is 0.308 e. The molecule has 2 N–H and O–H groups in total. The normalized spacial score (nSPS) is 10.4. The van der Waals surface area contributed by atoms with Crippen molar-refractivity contribution in [3.8, 4) is 11.5 Å². The summed E-state index contributed by atoms with van der Waals surface area (Å²) in [4.78, 5) is 35.6. The van der Waals surface area contributed by atoms with Crippen molar-refractivity contribution in [3.05, 3.63) is 90.0 Å². The van der Waals surface area contributed by atoms with Crippen LogP contribution in [0.15, 0.2) is 78.9 Å². The summed E-state index contributed by atoms with van der Waals surface area (Å²) >= 11 is 0. The maximum atomic E-state index is 12.4. The quantitative estimate of drug-likeness (QED) is 0.326. The van der Waals surface area contributed by atoms with Crippen LogP contribution in [0.1, 0.15) is 22.8 Å². The molecule has 32 heavy (non-hydrogen) atoms. The Kier molecular flexibility index (Phi) is 7.37. The van der Waals surface area contributed by atoms with E-state index >= 15 is 0 Å². The molecule has 0 saturated heterocycles. The Morgan fingerprint density at radius 3 is 2.09 bits per heavy atom. The molecule has 7 heteroatoms. The zero-order chi connectivity index (χ0) is 22.9. The Morgan fingerprint density at radius 2 is 1.47 bits per heavy atom. The molecule has 2 amide bonds. The van der Waals surface area contributed by atoms with Gasteiger partial charge in [-0.3, -0.25) is 14.4 Å². The fourth-order valence-corrected chi connectivity index (χ4v) is 2.78. The fourth-order valence-electron chi connectivity index (χ4n) is 2.78. The molecule has 0 aliphatic heterocycles. The second-order valence-corrected chi connectivity index (χ2v) is 6.75. The first-order chi connectivity index (χ1) is 15.4. The lowest BCUT2D eigenvalue weighted by molar-refractivity contribution is -0.131. The predicted octanol–water partition coefficient (Wildman–Crippen LogP) is 4.52. The number of hydrogen-bond donors (Lipinski definition) is 2. The number of amides is 2. The van der Waals surface area contributed by atoms with E-state index in [-0.39, 0.29) is 11.8 Å². The maximum absolute atomic E-state index is 12.4. The third-order valence-corrected chi connectivity index (χ3v) is 4.31. The van der Waals surface area contributed by atoms with Crippen LogP contribution in [0, 0.1) is 0 Å². The molecule has 162 valence electrons. The number of esters is 1. The lowest BCUT2D eigenvalue weighted by Gasteiger charge is -2.08. The van der Waals surface area contributed by atoms with Gasteiger partial charge in [0.05, 0.1) is 7.11 Å². The van der Waals surface area contributed by atoms with Gasteiger partial charge >= 0.3 is 5.97 Å². The monoisotopic (exact) mass is 430 g/mol. The molecule has 0 atom stereocenters. The SMILES string of the molecule is COc1ccc(/C=C/C(=O)Nc2ccc(NC(=O)c3cccc(OC(C)=O)c3)cc2)cc1. The van der Waals surface area contributed by atoms with Crippen LogP contribution in [-0.4, -0.2) is 24.9 Å². The molecule has 0 unspecified atom stereocenters. The molecule has 3 aromatic carbocycles. The molecule has 0 fully saturated rings. The number of rotatable bonds is 7. The summed E-state index contributed by atoms with van der Waals surface area (Å²) in [5, 5.41) is 5.52. The first kappa shape index (κ1) is 22.3. The minimum atomic E-state index is -0.459. The number of ether oxygens (including phenoxy) is 2. The Balaban J connectivity index is 1.56. The highest BCUT2D eigenvalue weighted by Gasteiger charge is 2.08. The third kappa shape index (κ3) is 6.56. The lowest BCUT2D eigenvalue weighted by atomic mass is 10.2. The molecule has 0 aliphatic rings. The summed E-state index contributed by atoms with van der Waals surface area (Å²) in [6.45, 7) is 1.29. The molecule has 0 aromatic heterocycles. The molecule has 0 bridgehead atoms. The summed E-state index contributed by atoms with van der Waals surface area (Å²) in [7, 11) is 1.60. The minimum Gasteiger partial charge on any atom is -0.497 e. The van der Waals surface area contributed by atoms with E-state index in [0.29, 0.717) is 22.7 Å². The lowest BCUT2D eigenvalue weighted by Crippen LogP contribution is -2.12. The molecular formula is C25H22N2O5. The predicted molar refractivity (Wildman–Crippen MR) is 123 cm³/mol. The van der Waals surface area contributed by atoms with E-state index in [4.69, 9.17) is 9.47 Å². The van der Waals surface area contributed by atoms with Gasteiger partial charge in [-0.25, -0.2) is 0 Å². The summed E-state index contributed by atoms with van der Waals surface area (Å²) in [5.41, 5.74) is 2.37. The number of methoxy groups -OCH3 is 1. The van der Waals surface area contributed by atoms with Crippen LogP contribution >= 0.6 is 0 Å². The summed E-state index contributed by atoms with van der Waals surface area (Å²) in [6, 6.07) is 20.4. The van der Waals surface area contributed by atoms with Gasteiger partial charge in [0.2, 0.25) is 5.91 Å². The fraction of sp³-hybridized carbons (Fsp3) is 0.0800. The second-order valence-electron chi connectivity index (χ2n) is 6.75. The second kappa shape index (κ2) is 10.6. The highest BCUT2D eigenvalue weighted by molar-refractivity contribution is 6.05. The summed E-state index contributed by atoms with van der Waals surface area (Å²) in [5.74, 6) is -0.0427. The standard InChI is InChI=1S/C25H22N2O5/c1-17(28)32-23-5-3-4-19(16-23)25(30)27-21-11-9-20(10-12-21)26-24(29)15-8-18-6-13-22(31-2)14-7-18/h3-16H,1-2H3,(H,26,29)(H,27,30)/b15-8+. The Bertz CT molecular complexity index is 1140. The van der Waals surface area contributed by atoms with Gasteiger partial charge in [0.1, 0.15) is 11.5 Å². The molecular weight excluding hydrogens is 408 g/mol. The van der Waals surface area contributed by atoms with E-state index in [0.717, 1.165) is 11.3 Å². The van der Waals surface area contributed by atoms with Crippen molar-refractivity contribution >= 4 is 35.2 Å². The largest absolute Gasteiger partial charge is 0.497 e. The van der Waals surface area contributed by atoms with Gasteiger partial charge in [-0.15, -0.1) is 0 Å². The molecule has 0 aliphatic carbocycles. The molecule has 0 heterocycles. The van der Waals surface area contributed by atoms with E-state index in [1.54, 1.807) is 55.7 Å². The maximum Gasteiger partial charge on any atom is 0.308 e. The topological polar surface area (TPSA) is 93.7 Å². The van der Waals surface area contributed by atoms with Crippen LogP contribution in [0.4, 0.5) is 11.4 Å². The van der Waals surface area contributed by atoms with Crippen molar-refractivity contribution in [2.75, 3.05) is 17.7 Å². The van der Waals surface area contributed by atoms with Gasteiger partial charge in [0.15, 0.2) is 0 Å².